The summed E-state index contributed by atoms with van der Waals surface area (Å²) in [5, 5.41) is 0. The van der Waals surface area contributed by atoms with Crippen LogP contribution in [-0.4, -0.2) is 40.0 Å². The quantitative estimate of drug-likeness (QED) is 0.655. The summed E-state index contributed by atoms with van der Waals surface area (Å²) < 4.78 is 31.4. The monoisotopic (exact) mass is 264 g/mol. The van der Waals surface area contributed by atoms with Gasteiger partial charge in [0.2, 0.25) is 10.0 Å². The molecule has 1 fully saturated rings. The first-order valence-corrected chi connectivity index (χ1v) is 8.02. The summed E-state index contributed by atoms with van der Waals surface area (Å²) in [6, 6.07) is 0.0142. The van der Waals surface area contributed by atoms with E-state index in [2.05, 4.69) is 4.72 Å². The van der Waals surface area contributed by atoms with Crippen molar-refractivity contribution in [3.63, 3.8) is 0 Å². The minimum atomic E-state index is -3.23. The first kappa shape index (κ1) is 14.9. The first-order chi connectivity index (χ1) is 8.09. The van der Waals surface area contributed by atoms with Gasteiger partial charge in [-0.25, -0.2) is 13.1 Å². The Labute approximate surface area is 104 Å². The molecule has 6 heteroatoms. The molecule has 0 radical (unpaired) electrons. The number of rotatable bonds is 7. The van der Waals surface area contributed by atoms with Gasteiger partial charge in [-0.15, -0.1) is 0 Å². The lowest BCUT2D eigenvalue weighted by Crippen LogP contribution is -2.45. The van der Waals surface area contributed by atoms with Crippen molar-refractivity contribution in [3.05, 3.63) is 0 Å². The zero-order chi connectivity index (χ0) is 12.7. The first-order valence-electron chi connectivity index (χ1n) is 6.37. The average Bonchev–Trinajstić information content (AvgIpc) is 2.29. The third kappa shape index (κ3) is 5.33. The molecule has 1 aliphatic rings. The van der Waals surface area contributed by atoms with Crippen LogP contribution >= 0.6 is 0 Å². The summed E-state index contributed by atoms with van der Waals surface area (Å²) in [4.78, 5) is 0. The van der Waals surface area contributed by atoms with Crippen LogP contribution in [0.5, 0.6) is 0 Å². The molecule has 1 aliphatic carbocycles. The number of hydrogen-bond donors (Lipinski definition) is 2. The van der Waals surface area contributed by atoms with Crippen molar-refractivity contribution in [1.82, 2.24) is 4.72 Å². The highest BCUT2D eigenvalue weighted by Crippen LogP contribution is 2.24. The third-order valence-electron chi connectivity index (χ3n) is 3.24. The molecule has 2 atom stereocenters. The van der Waals surface area contributed by atoms with Gasteiger partial charge in [-0.1, -0.05) is 12.8 Å². The molecule has 3 N–H and O–H groups in total. The third-order valence-corrected chi connectivity index (χ3v) is 4.61. The van der Waals surface area contributed by atoms with Crippen molar-refractivity contribution < 1.29 is 13.2 Å². The molecule has 0 aromatic rings. The molecule has 0 amide bonds. The molecule has 2 unspecified atom stereocenters. The highest BCUT2D eigenvalue weighted by Gasteiger charge is 2.27. The van der Waals surface area contributed by atoms with Crippen molar-refractivity contribution in [2.45, 2.75) is 38.6 Å². The van der Waals surface area contributed by atoms with Gasteiger partial charge in [0.05, 0.1) is 12.4 Å². The Morgan fingerprint density at radius 1 is 1.35 bits per heavy atom. The van der Waals surface area contributed by atoms with E-state index in [0.29, 0.717) is 13.2 Å². The fourth-order valence-electron chi connectivity index (χ4n) is 2.25. The average molecular weight is 264 g/mol. The molecule has 0 aliphatic heterocycles. The fourth-order valence-corrected chi connectivity index (χ4v) is 3.47. The maximum Gasteiger partial charge on any atom is 0.214 e. The topological polar surface area (TPSA) is 81.4 Å². The zero-order valence-electron chi connectivity index (χ0n) is 10.5. The normalized spacial score (nSPS) is 26.0. The molecule has 0 aromatic carbocycles. The van der Waals surface area contributed by atoms with Gasteiger partial charge < -0.3 is 10.5 Å². The van der Waals surface area contributed by atoms with Crippen LogP contribution in [-0.2, 0) is 14.8 Å². The second-order valence-corrected chi connectivity index (χ2v) is 6.39. The van der Waals surface area contributed by atoms with Gasteiger partial charge in [0.1, 0.15) is 0 Å². The van der Waals surface area contributed by atoms with Gasteiger partial charge in [0, 0.05) is 12.6 Å². The molecule has 17 heavy (non-hydrogen) atoms. The second-order valence-electron chi connectivity index (χ2n) is 4.52. The summed E-state index contributed by atoms with van der Waals surface area (Å²) in [6.45, 7) is 3.21. The van der Waals surface area contributed by atoms with Gasteiger partial charge in [-0.2, -0.15) is 0 Å². The van der Waals surface area contributed by atoms with Crippen LogP contribution in [0.3, 0.4) is 0 Å². The van der Waals surface area contributed by atoms with Crippen molar-refractivity contribution >= 4 is 10.0 Å². The molecule has 0 aromatic heterocycles. The van der Waals surface area contributed by atoms with Crippen LogP contribution in [0.4, 0.5) is 0 Å². The molecular weight excluding hydrogens is 240 g/mol. The molecule has 0 bridgehead atoms. The van der Waals surface area contributed by atoms with Crippen molar-refractivity contribution in [2.24, 2.45) is 11.7 Å². The van der Waals surface area contributed by atoms with Crippen molar-refractivity contribution in [2.75, 3.05) is 25.5 Å². The lowest BCUT2D eigenvalue weighted by atomic mass is 9.85. The summed E-state index contributed by atoms with van der Waals surface area (Å²) in [7, 11) is -3.23. The maximum absolute atomic E-state index is 11.8. The molecular formula is C11H24N2O3S. The molecule has 0 spiro atoms. The van der Waals surface area contributed by atoms with E-state index < -0.39 is 10.0 Å². The van der Waals surface area contributed by atoms with Gasteiger partial charge in [-0.05, 0) is 32.2 Å². The molecule has 1 rings (SSSR count). The highest BCUT2D eigenvalue weighted by molar-refractivity contribution is 7.89. The van der Waals surface area contributed by atoms with Crippen LogP contribution in [0.25, 0.3) is 0 Å². The number of nitrogens with two attached hydrogens (primary N) is 1. The zero-order valence-corrected chi connectivity index (χ0v) is 11.3. The van der Waals surface area contributed by atoms with E-state index in [1.165, 1.54) is 0 Å². The van der Waals surface area contributed by atoms with E-state index in [0.717, 1.165) is 25.7 Å². The fraction of sp³-hybridized carbons (Fsp3) is 1.00. The van der Waals surface area contributed by atoms with Gasteiger partial charge in [0.25, 0.3) is 0 Å². The molecule has 1 saturated carbocycles. The van der Waals surface area contributed by atoms with Crippen molar-refractivity contribution in [1.29, 1.82) is 0 Å². The van der Waals surface area contributed by atoms with E-state index >= 15 is 0 Å². The molecule has 0 saturated heterocycles. The summed E-state index contributed by atoms with van der Waals surface area (Å²) in [5.74, 6) is 0.319. The van der Waals surface area contributed by atoms with Gasteiger partial charge in [0.15, 0.2) is 0 Å². The van der Waals surface area contributed by atoms with Crippen LogP contribution < -0.4 is 10.5 Å². The van der Waals surface area contributed by atoms with E-state index in [9.17, 15) is 8.42 Å². The standard InChI is InChI=1S/C11H24N2O3S/c1-2-16-7-8-17(14,15)13-11-6-4-3-5-10(11)9-12/h10-11,13H,2-9,12H2,1H3. The van der Waals surface area contributed by atoms with Gasteiger partial charge in [-0.3, -0.25) is 0 Å². The minimum Gasteiger partial charge on any atom is -0.381 e. The minimum absolute atomic E-state index is 0.0142. The Kier molecular flexibility index (Phi) is 6.40. The number of nitrogens with one attached hydrogen (secondary N) is 1. The molecule has 0 heterocycles. The Hall–Kier alpha value is -0.170. The summed E-state index contributed by atoms with van der Waals surface area (Å²) in [6.07, 6.45) is 4.15. The number of hydrogen-bond acceptors (Lipinski definition) is 4. The van der Waals surface area contributed by atoms with Crippen molar-refractivity contribution in [3.8, 4) is 0 Å². The van der Waals surface area contributed by atoms with Crippen LogP contribution in [0.15, 0.2) is 0 Å². The predicted molar refractivity (Wildman–Crippen MR) is 68.2 cm³/mol. The Bertz CT molecular complexity index is 306. The number of ether oxygens (including phenoxy) is 1. The lowest BCUT2D eigenvalue weighted by molar-refractivity contribution is 0.163. The van der Waals surface area contributed by atoms with Gasteiger partial charge >= 0.3 is 0 Å². The Morgan fingerprint density at radius 3 is 2.71 bits per heavy atom. The van der Waals surface area contributed by atoms with E-state index in [1.54, 1.807) is 0 Å². The molecule has 5 nitrogen and oxygen atoms in total. The van der Waals surface area contributed by atoms with Crippen LogP contribution in [0.2, 0.25) is 0 Å². The van der Waals surface area contributed by atoms with E-state index in [-0.39, 0.29) is 24.3 Å². The maximum atomic E-state index is 11.8. The van der Waals surface area contributed by atoms with Crippen LogP contribution in [0.1, 0.15) is 32.6 Å². The lowest BCUT2D eigenvalue weighted by Gasteiger charge is -2.31. The summed E-state index contributed by atoms with van der Waals surface area (Å²) >= 11 is 0. The SMILES string of the molecule is CCOCCS(=O)(=O)NC1CCCCC1CN. The Balaban J connectivity index is 2.44. The molecule has 102 valence electrons. The predicted octanol–water partition coefficient (Wildman–Crippen LogP) is 0.460. The largest absolute Gasteiger partial charge is 0.381 e. The summed E-state index contributed by atoms with van der Waals surface area (Å²) in [5.41, 5.74) is 5.67. The van der Waals surface area contributed by atoms with Crippen LogP contribution in [0, 0.1) is 5.92 Å². The number of sulfonamides is 1. The highest BCUT2D eigenvalue weighted by atomic mass is 32.2. The van der Waals surface area contributed by atoms with E-state index in [4.69, 9.17) is 10.5 Å². The Morgan fingerprint density at radius 2 is 2.06 bits per heavy atom. The van der Waals surface area contributed by atoms with E-state index in [1.807, 2.05) is 6.92 Å². The second kappa shape index (κ2) is 7.31. The smallest absolute Gasteiger partial charge is 0.214 e.